The lowest BCUT2D eigenvalue weighted by molar-refractivity contribution is 0.487. The van der Waals surface area contributed by atoms with Gasteiger partial charge in [-0.1, -0.05) is 26.1 Å². The zero-order chi connectivity index (χ0) is 12.4. The van der Waals surface area contributed by atoms with Crippen LogP contribution >= 0.6 is 12.2 Å². The largest absolute Gasteiger partial charge is 0.388 e. The molecule has 92 valence electrons. The van der Waals surface area contributed by atoms with Crippen molar-refractivity contribution < 1.29 is 0 Å². The first-order chi connectivity index (χ1) is 8.09. The predicted octanol–water partition coefficient (Wildman–Crippen LogP) is 1.74. The van der Waals surface area contributed by atoms with E-state index in [9.17, 15) is 0 Å². The maximum absolute atomic E-state index is 5.60. The van der Waals surface area contributed by atoms with Crippen molar-refractivity contribution in [3.63, 3.8) is 0 Å². The van der Waals surface area contributed by atoms with E-state index in [-0.39, 0.29) is 0 Å². The summed E-state index contributed by atoms with van der Waals surface area (Å²) in [6.45, 7) is 5.49. The van der Waals surface area contributed by atoms with Crippen molar-refractivity contribution in [3.8, 4) is 0 Å². The molecule has 0 bridgehead atoms. The molecular formula is C12H18N4S. The molecule has 1 aromatic heterocycles. The molecule has 17 heavy (non-hydrogen) atoms. The Morgan fingerprint density at radius 3 is 3.00 bits per heavy atom. The number of anilines is 1. The van der Waals surface area contributed by atoms with Crippen molar-refractivity contribution in [2.75, 3.05) is 11.4 Å². The minimum Gasteiger partial charge on any atom is -0.388 e. The van der Waals surface area contributed by atoms with Gasteiger partial charge in [0.2, 0.25) is 5.95 Å². The molecule has 2 N–H and O–H groups in total. The molecule has 0 aromatic carbocycles. The van der Waals surface area contributed by atoms with E-state index in [0.29, 0.717) is 22.6 Å². The molecule has 0 saturated carbocycles. The van der Waals surface area contributed by atoms with E-state index in [1.807, 2.05) is 0 Å². The number of thiocarbonyl (C=S) groups is 1. The van der Waals surface area contributed by atoms with Crippen molar-refractivity contribution in [1.82, 2.24) is 9.97 Å². The summed E-state index contributed by atoms with van der Waals surface area (Å²) in [5.74, 6) is 1.36. The van der Waals surface area contributed by atoms with Gasteiger partial charge >= 0.3 is 0 Å². The normalized spacial score (nSPS) is 19.9. The lowest BCUT2D eigenvalue weighted by Gasteiger charge is -2.27. The summed E-state index contributed by atoms with van der Waals surface area (Å²) in [5, 5.41) is 0. The zero-order valence-corrected chi connectivity index (χ0v) is 11.1. The molecular weight excluding hydrogens is 232 g/mol. The second-order valence-electron chi connectivity index (χ2n) is 4.75. The fourth-order valence-electron chi connectivity index (χ4n) is 2.36. The van der Waals surface area contributed by atoms with Gasteiger partial charge < -0.3 is 10.6 Å². The van der Waals surface area contributed by atoms with E-state index in [4.69, 9.17) is 18.0 Å². The van der Waals surface area contributed by atoms with Crippen molar-refractivity contribution >= 4 is 23.2 Å². The first-order valence-electron chi connectivity index (χ1n) is 5.99. The predicted molar refractivity (Wildman–Crippen MR) is 73.1 cm³/mol. The number of rotatable bonds is 3. The molecule has 0 spiro atoms. The van der Waals surface area contributed by atoms with Gasteiger partial charge in [-0.3, -0.25) is 0 Å². The van der Waals surface area contributed by atoms with Gasteiger partial charge in [0.15, 0.2) is 0 Å². The Bertz CT molecular complexity index is 419. The van der Waals surface area contributed by atoms with Crippen molar-refractivity contribution in [2.24, 2.45) is 11.7 Å². The van der Waals surface area contributed by atoms with E-state index >= 15 is 0 Å². The molecule has 0 amide bonds. The van der Waals surface area contributed by atoms with Crippen LogP contribution in [0, 0.1) is 5.92 Å². The van der Waals surface area contributed by atoms with Crippen LogP contribution in [0.1, 0.15) is 32.4 Å². The second-order valence-corrected chi connectivity index (χ2v) is 5.19. The van der Waals surface area contributed by atoms with Crippen molar-refractivity contribution in [1.29, 1.82) is 0 Å². The molecule has 1 aliphatic heterocycles. The topological polar surface area (TPSA) is 55.0 Å². The number of hydrogen-bond donors (Lipinski definition) is 1. The number of hydrogen-bond acceptors (Lipinski definition) is 4. The highest BCUT2D eigenvalue weighted by molar-refractivity contribution is 7.80. The van der Waals surface area contributed by atoms with Crippen LogP contribution in [0.25, 0.3) is 0 Å². The second kappa shape index (κ2) is 4.96. The molecule has 1 aliphatic rings. The average molecular weight is 250 g/mol. The van der Waals surface area contributed by atoms with Gasteiger partial charge in [-0.2, -0.15) is 0 Å². The van der Waals surface area contributed by atoms with Gasteiger partial charge in [-0.25, -0.2) is 9.97 Å². The number of nitrogens with zero attached hydrogens (tertiary/aromatic N) is 3. The Balaban J connectivity index is 2.27. The molecule has 1 unspecified atom stereocenters. The van der Waals surface area contributed by atoms with Crippen LogP contribution in [0.15, 0.2) is 12.3 Å². The molecule has 2 heterocycles. The highest BCUT2D eigenvalue weighted by Gasteiger charge is 2.28. The van der Waals surface area contributed by atoms with E-state index in [1.165, 1.54) is 12.8 Å². The van der Waals surface area contributed by atoms with Crippen LogP contribution in [0.3, 0.4) is 0 Å². The molecule has 1 aromatic rings. The van der Waals surface area contributed by atoms with Crippen molar-refractivity contribution in [2.45, 2.75) is 32.7 Å². The molecule has 0 aliphatic carbocycles. The van der Waals surface area contributed by atoms with Gasteiger partial charge in [0.05, 0.1) is 0 Å². The van der Waals surface area contributed by atoms with E-state index in [0.717, 1.165) is 12.5 Å². The average Bonchev–Trinajstić information content (AvgIpc) is 2.78. The minimum atomic E-state index is 0.328. The maximum atomic E-state index is 5.60. The Labute approximate surface area is 107 Å². The minimum absolute atomic E-state index is 0.328. The Morgan fingerprint density at radius 1 is 1.59 bits per heavy atom. The van der Waals surface area contributed by atoms with Crippen LogP contribution in [-0.2, 0) is 0 Å². The summed E-state index contributed by atoms with van der Waals surface area (Å²) >= 11 is 4.95. The summed E-state index contributed by atoms with van der Waals surface area (Å²) in [6.07, 6.45) is 4.13. The molecule has 2 rings (SSSR count). The molecule has 1 fully saturated rings. The smallest absolute Gasteiger partial charge is 0.226 e. The monoisotopic (exact) mass is 250 g/mol. The first kappa shape index (κ1) is 12.2. The van der Waals surface area contributed by atoms with E-state index in [1.54, 1.807) is 12.3 Å². The number of nitrogens with two attached hydrogens (primary N) is 1. The maximum Gasteiger partial charge on any atom is 0.226 e. The Kier molecular flexibility index (Phi) is 3.57. The fourth-order valence-corrected chi connectivity index (χ4v) is 2.47. The van der Waals surface area contributed by atoms with Crippen LogP contribution in [0.4, 0.5) is 5.95 Å². The van der Waals surface area contributed by atoms with Crippen LogP contribution in [0.5, 0.6) is 0 Å². The summed E-state index contributed by atoms with van der Waals surface area (Å²) in [4.78, 5) is 11.4. The highest BCUT2D eigenvalue weighted by Crippen LogP contribution is 2.27. The van der Waals surface area contributed by atoms with Gasteiger partial charge in [0.25, 0.3) is 0 Å². The third kappa shape index (κ3) is 2.54. The van der Waals surface area contributed by atoms with Gasteiger partial charge in [-0.15, -0.1) is 0 Å². The molecule has 4 nitrogen and oxygen atoms in total. The van der Waals surface area contributed by atoms with Crippen LogP contribution in [0.2, 0.25) is 0 Å². The van der Waals surface area contributed by atoms with Gasteiger partial charge in [0, 0.05) is 18.8 Å². The lowest BCUT2D eigenvalue weighted by atomic mass is 10.0. The summed E-state index contributed by atoms with van der Waals surface area (Å²) in [6, 6.07) is 2.28. The molecule has 1 saturated heterocycles. The highest BCUT2D eigenvalue weighted by atomic mass is 32.1. The van der Waals surface area contributed by atoms with Crippen molar-refractivity contribution in [3.05, 3.63) is 18.0 Å². The number of aromatic nitrogens is 2. The summed E-state index contributed by atoms with van der Waals surface area (Å²) in [5.41, 5.74) is 6.25. The lowest BCUT2D eigenvalue weighted by Crippen LogP contribution is -2.35. The Morgan fingerprint density at radius 2 is 2.35 bits per heavy atom. The first-order valence-corrected chi connectivity index (χ1v) is 6.40. The van der Waals surface area contributed by atoms with E-state index < -0.39 is 0 Å². The van der Waals surface area contributed by atoms with Crippen LogP contribution in [-0.4, -0.2) is 27.5 Å². The SMILES string of the molecule is CC(C)C1CCCN1c1nccc(C(N)=S)n1. The van der Waals surface area contributed by atoms with Gasteiger partial charge in [0.1, 0.15) is 10.7 Å². The van der Waals surface area contributed by atoms with E-state index in [2.05, 4.69) is 28.7 Å². The zero-order valence-electron chi connectivity index (χ0n) is 10.3. The summed E-state index contributed by atoms with van der Waals surface area (Å²) < 4.78 is 0. The standard InChI is InChI=1S/C12H18N4S/c1-8(2)10-4-3-7-16(10)12-14-6-5-9(15-12)11(13)17/h5-6,8,10H,3-4,7H2,1-2H3,(H2,13,17). The Hall–Kier alpha value is -1.23. The molecule has 1 atom stereocenters. The van der Waals surface area contributed by atoms with Gasteiger partial charge in [-0.05, 0) is 24.8 Å². The quantitative estimate of drug-likeness (QED) is 0.828. The molecule has 5 heteroatoms. The molecule has 0 radical (unpaired) electrons. The fraction of sp³-hybridized carbons (Fsp3) is 0.583. The third-order valence-electron chi connectivity index (χ3n) is 3.22. The summed E-state index contributed by atoms with van der Waals surface area (Å²) in [7, 11) is 0. The van der Waals surface area contributed by atoms with Crippen LogP contribution < -0.4 is 10.6 Å². The third-order valence-corrected chi connectivity index (χ3v) is 3.43.